The maximum atomic E-state index is 12.6. The average Bonchev–Trinajstić information content (AvgIpc) is 2.89. The maximum absolute atomic E-state index is 12.6. The molecule has 1 aliphatic carbocycles. The monoisotopic (exact) mass is 508 g/mol. The van der Waals surface area contributed by atoms with E-state index >= 15 is 0 Å². The Balaban J connectivity index is 1.62. The van der Waals surface area contributed by atoms with Gasteiger partial charge in [-0.25, -0.2) is 0 Å². The Bertz CT molecular complexity index is 882. The Kier molecular flexibility index (Phi) is 7.05. The van der Waals surface area contributed by atoms with Gasteiger partial charge >= 0.3 is 0 Å². The molecule has 2 heterocycles. The first-order chi connectivity index (χ1) is 14.5. The summed E-state index contributed by atoms with van der Waals surface area (Å²) in [7, 11) is 0. The minimum Gasteiger partial charge on any atom is -0.339 e. The highest BCUT2D eigenvalue weighted by molar-refractivity contribution is 9.10. The number of pyridine rings is 1. The van der Waals surface area contributed by atoms with Crippen molar-refractivity contribution in [3.63, 3.8) is 0 Å². The Morgan fingerprint density at radius 2 is 2.00 bits per heavy atom. The lowest BCUT2D eigenvalue weighted by molar-refractivity contribution is -0.134. The number of hydrogen-bond donors (Lipinski definition) is 1. The van der Waals surface area contributed by atoms with Crippen molar-refractivity contribution >= 4 is 45.2 Å². The van der Waals surface area contributed by atoms with Gasteiger partial charge in [-0.3, -0.25) is 14.7 Å². The van der Waals surface area contributed by atoms with Crippen LogP contribution in [0.5, 0.6) is 0 Å². The molecule has 2 aliphatic rings. The topological polar surface area (TPSA) is 62.5 Å². The third-order valence-electron chi connectivity index (χ3n) is 5.94. The SMILES string of the molecule is CSC[C@H](N)C(=O)N1CCN(C2c3ccc(Cl)cc3CCc3cc(Br)cnc32)CC1. The normalized spacial score (nSPS) is 20.3. The van der Waals surface area contributed by atoms with Crippen LogP contribution in [0.15, 0.2) is 34.9 Å². The average molecular weight is 510 g/mol. The summed E-state index contributed by atoms with van der Waals surface area (Å²) in [6, 6.07) is 8.04. The second-order valence-corrected chi connectivity index (χ2v) is 10.1. The van der Waals surface area contributed by atoms with E-state index in [9.17, 15) is 4.79 Å². The van der Waals surface area contributed by atoms with Crippen LogP contribution >= 0.6 is 39.3 Å². The number of halogens is 2. The summed E-state index contributed by atoms with van der Waals surface area (Å²) in [5.41, 5.74) is 11.0. The molecule has 4 rings (SSSR count). The van der Waals surface area contributed by atoms with Crippen LogP contribution in [0.1, 0.15) is 28.4 Å². The number of benzene rings is 1. The summed E-state index contributed by atoms with van der Waals surface area (Å²) < 4.78 is 1.00. The Hall–Kier alpha value is -1.12. The molecule has 1 unspecified atom stereocenters. The van der Waals surface area contributed by atoms with E-state index in [2.05, 4.69) is 39.0 Å². The molecule has 2 aromatic rings. The molecule has 1 aliphatic heterocycles. The van der Waals surface area contributed by atoms with E-state index in [0.29, 0.717) is 18.8 Å². The van der Waals surface area contributed by atoms with Crippen molar-refractivity contribution in [1.82, 2.24) is 14.8 Å². The van der Waals surface area contributed by atoms with Crippen molar-refractivity contribution in [2.45, 2.75) is 24.9 Å². The van der Waals surface area contributed by atoms with E-state index in [1.165, 1.54) is 16.7 Å². The largest absolute Gasteiger partial charge is 0.339 e. The number of piperazine rings is 1. The number of nitrogens with zero attached hydrogens (tertiary/aromatic N) is 3. The number of amides is 1. The van der Waals surface area contributed by atoms with Crippen LogP contribution in [0.4, 0.5) is 0 Å². The smallest absolute Gasteiger partial charge is 0.240 e. The molecule has 1 saturated heterocycles. The zero-order chi connectivity index (χ0) is 21.3. The number of carbonyl (C=O) groups excluding carboxylic acids is 1. The number of carbonyl (C=O) groups is 1. The van der Waals surface area contributed by atoms with E-state index in [0.717, 1.165) is 41.1 Å². The van der Waals surface area contributed by atoms with Crippen LogP contribution < -0.4 is 5.73 Å². The molecule has 30 heavy (non-hydrogen) atoms. The summed E-state index contributed by atoms with van der Waals surface area (Å²) in [4.78, 5) is 21.8. The molecule has 0 spiro atoms. The van der Waals surface area contributed by atoms with E-state index in [-0.39, 0.29) is 11.9 Å². The molecular weight excluding hydrogens is 484 g/mol. The van der Waals surface area contributed by atoms with Crippen molar-refractivity contribution < 1.29 is 4.79 Å². The van der Waals surface area contributed by atoms with Crippen LogP contribution in [0, 0.1) is 0 Å². The molecule has 8 heteroatoms. The molecule has 0 bridgehead atoms. The van der Waals surface area contributed by atoms with Crippen LogP contribution in [-0.4, -0.2) is 64.9 Å². The van der Waals surface area contributed by atoms with Crippen LogP contribution in [0.3, 0.4) is 0 Å². The zero-order valence-electron chi connectivity index (χ0n) is 17.0. The Morgan fingerprint density at radius 3 is 2.73 bits per heavy atom. The molecule has 1 amide bonds. The van der Waals surface area contributed by atoms with Crippen molar-refractivity contribution in [2.24, 2.45) is 5.73 Å². The predicted octanol–water partition coefficient (Wildman–Crippen LogP) is 3.52. The summed E-state index contributed by atoms with van der Waals surface area (Å²) in [5.74, 6) is 0.710. The zero-order valence-corrected chi connectivity index (χ0v) is 20.1. The standard InChI is InChI=1S/C22H26BrClN4OS/c1-30-13-19(25)22(29)28-8-6-27(7-9-28)21-18-5-4-17(24)11-14(18)2-3-15-10-16(23)12-26-20(15)21/h4-5,10-12,19,21H,2-3,6-9,13,25H2,1H3/t19-,21?/m0/s1. The molecule has 2 atom stereocenters. The lowest BCUT2D eigenvalue weighted by Gasteiger charge is -2.40. The second kappa shape index (κ2) is 9.57. The fourth-order valence-electron chi connectivity index (χ4n) is 4.47. The molecule has 5 nitrogen and oxygen atoms in total. The highest BCUT2D eigenvalue weighted by Crippen LogP contribution is 2.37. The molecule has 0 saturated carbocycles. The van der Waals surface area contributed by atoms with Gasteiger partial charge in [0.25, 0.3) is 0 Å². The molecule has 0 radical (unpaired) electrons. The first-order valence-corrected chi connectivity index (χ1v) is 12.7. The number of nitrogens with two attached hydrogens (primary N) is 1. The first-order valence-electron chi connectivity index (χ1n) is 10.2. The number of hydrogen-bond acceptors (Lipinski definition) is 5. The van der Waals surface area contributed by atoms with E-state index in [1.54, 1.807) is 11.8 Å². The lowest BCUT2D eigenvalue weighted by Crippen LogP contribution is -2.54. The molecular formula is C22H26BrClN4OS. The molecule has 1 fully saturated rings. The van der Waals surface area contributed by atoms with Crippen LogP contribution in [-0.2, 0) is 17.6 Å². The fraction of sp³-hybridized carbons (Fsp3) is 0.455. The highest BCUT2D eigenvalue weighted by atomic mass is 79.9. The minimum absolute atomic E-state index is 0.0551. The summed E-state index contributed by atoms with van der Waals surface area (Å²) in [6.45, 7) is 2.96. The number of thioether (sulfide) groups is 1. The van der Waals surface area contributed by atoms with Crippen LogP contribution in [0.2, 0.25) is 5.02 Å². The van der Waals surface area contributed by atoms with Gasteiger partial charge in [0, 0.05) is 47.6 Å². The second-order valence-electron chi connectivity index (χ2n) is 7.87. The van der Waals surface area contributed by atoms with Gasteiger partial charge in [0.15, 0.2) is 0 Å². The number of aromatic nitrogens is 1. The number of aryl methyl sites for hydroxylation is 2. The highest BCUT2D eigenvalue weighted by Gasteiger charge is 2.34. The Morgan fingerprint density at radius 1 is 1.27 bits per heavy atom. The van der Waals surface area contributed by atoms with E-state index in [4.69, 9.17) is 22.3 Å². The van der Waals surface area contributed by atoms with Gasteiger partial charge in [-0.05, 0) is 69.9 Å². The van der Waals surface area contributed by atoms with E-state index < -0.39 is 6.04 Å². The van der Waals surface area contributed by atoms with E-state index in [1.807, 2.05) is 23.4 Å². The van der Waals surface area contributed by atoms with Crippen molar-refractivity contribution in [3.8, 4) is 0 Å². The van der Waals surface area contributed by atoms with Gasteiger partial charge in [-0.1, -0.05) is 17.7 Å². The van der Waals surface area contributed by atoms with Gasteiger partial charge in [-0.2, -0.15) is 11.8 Å². The van der Waals surface area contributed by atoms with Gasteiger partial charge in [0.05, 0.1) is 17.8 Å². The van der Waals surface area contributed by atoms with Crippen LogP contribution in [0.25, 0.3) is 0 Å². The molecule has 1 aromatic heterocycles. The first kappa shape index (κ1) is 22.1. The van der Waals surface area contributed by atoms with Gasteiger partial charge in [0.2, 0.25) is 5.91 Å². The Labute approximate surface area is 195 Å². The summed E-state index contributed by atoms with van der Waals surface area (Å²) in [6.07, 6.45) is 5.74. The third kappa shape index (κ3) is 4.55. The molecule has 1 aromatic carbocycles. The maximum Gasteiger partial charge on any atom is 0.240 e. The van der Waals surface area contributed by atoms with Crippen molar-refractivity contribution in [3.05, 3.63) is 62.3 Å². The summed E-state index contributed by atoms with van der Waals surface area (Å²) >= 11 is 11.5. The quantitative estimate of drug-likeness (QED) is 0.683. The third-order valence-corrected chi connectivity index (χ3v) is 7.31. The van der Waals surface area contributed by atoms with Gasteiger partial charge < -0.3 is 10.6 Å². The van der Waals surface area contributed by atoms with Crippen molar-refractivity contribution in [1.29, 1.82) is 0 Å². The van der Waals surface area contributed by atoms with Crippen molar-refractivity contribution in [2.75, 3.05) is 38.2 Å². The minimum atomic E-state index is -0.424. The molecule has 160 valence electrons. The van der Waals surface area contributed by atoms with Gasteiger partial charge in [0.1, 0.15) is 0 Å². The molecule has 2 N–H and O–H groups in total. The lowest BCUT2D eigenvalue weighted by atomic mass is 9.96. The number of rotatable bonds is 4. The predicted molar refractivity (Wildman–Crippen MR) is 127 cm³/mol. The summed E-state index contributed by atoms with van der Waals surface area (Å²) in [5, 5.41) is 0.769. The number of fused-ring (bicyclic) bond motifs is 2. The van der Waals surface area contributed by atoms with Gasteiger partial charge in [-0.15, -0.1) is 0 Å². The fourth-order valence-corrected chi connectivity index (χ4v) is 5.54.